The van der Waals surface area contributed by atoms with Crippen molar-refractivity contribution in [3.05, 3.63) is 88.5 Å². The van der Waals surface area contributed by atoms with E-state index in [-0.39, 0.29) is 11.4 Å². The molecular formula is C23H20N4O4S. The van der Waals surface area contributed by atoms with E-state index in [0.29, 0.717) is 16.7 Å². The topological polar surface area (TPSA) is 92.3 Å². The summed E-state index contributed by atoms with van der Waals surface area (Å²) in [5.41, 5.74) is 2.55. The predicted molar refractivity (Wildman–Crippen MR) is 123 cm³/mol. The van der Waals surface area contributed by atoms with E-state index in [1.807, 2.05) is 65.2 Å². The van der Waals surface area contributed by atoms with E-state index in [1.165, 1.54) is 24.9 Å². The van der Waals surface area contributed by atoms with Crippen molar-refractivity contribution < 1.29 is 14.4 Å². The second-order valence-electron chi connectivity index (χ2n) is 6.76. The van der Waals surface area contributed by atoms with Gasteiger partial charge >= 0.3 is 5.69 Å². The van der Waals surface area contributed by atoms with Crippen LogP contribution in [-0.2, 0) is 5.75 Å². The number of benzene rings is 3. The summed E-state index contributed by atoms with van der Waals surface area (Å²) in [5, 5.41) is 20.8. The summed E-state index contributed by atoms with van der Waals surface area (Å²) in [6, 6.07) is 22.4. The van der Waals surface area contributed by atoms with Crippen molar-refractivity contribution >= 4 is 17.4 Å². The zero-order valence-electron chi connectivity index (χ0n) is 17.5. The van der Waals surface area contributed by atoms with Gasteiger partial charge in [0.1, 0.15) is 5.75 Å². The Labute approximate surface area is 189 Å². The van der Waals surface area contributed by atoms with Crippen LogP contribution >= 0.6 is 11.8 Å². The Hall–Kier alpha value is -3.85. The molecule has 0 atom stereocenters. The molecule has 0 bridgehead atoms. The number of thioether (sulfide) groups is 1. The van der Waals surface area contributed by atoms with Crippen molar-refractivity contribution in [2.45, 2.75) is 10.9 Å². The molecule has 0 aliphatic rings. The third kappa shape index (κ3) is 4.42. The smallest absolute Gasteiger partial charge is 0.311 e. The minimum Gasteiger partial charge on any atom is -0.497 e. The molecule has 0 unspecified atom stereocenters. The van der Waals surface area contributed by atoms with Crippen LogP contribution in [0.1, 0.15) is 5.56 Å². The van der Waals surface area contributed by atoms with Crippen molar-refractivity contribution in [1.82, 2.24) is 14.8 Å². The lowest BCUT2D eigenvalue weighted by atomic mass is 10.2. The quantitative estimate of drug-likeness (QED) is 0.209. The van der Waals surface area contributed by atoms with Gasteiger partial charge in [0.05, 0.1) is 19.1 Å². The van der Waals surface area contributed by atoms with E-state index in [0.717, 1.165) is 22.6 Å². The molecule has 0 spiro atoms. The number of nitrogens with zero attached hydrogens (tertiary/aromatic N) is 4. The largest absolute Gasteiger partial charge is 0.497 e. The number of nitro groups is 1. The van der Waals surface area contributed by atoms with Crippen LogP contribution in [0.5, 0.6) is 11.5 Å². The zero-order chi connectivity index (χ0) is 22.5. The van der Waals surface area contributed by atoms with Crippen molar-refractivity contribution in [3.8, 4) is 28.6 Å². The molecule has 0 N–H and O–H groups in total. The van der Waals surface area contributed by atoms with E-state index in [1.54, 1.807) is 13.2 Å². The molecule has 0 radical (unpaired) electrons. The standard InChI is InChI=1S/C23H20N4O4S/c1-30-19-11-9-17(10-12-19)22-24-25-23(26(22)18-6-4-3-5-7-18)32-15-16-8-13-21(31-2)20(14-16)27(28)29/h3-14H,15H2,1-2H3. The maximum atomic E-state index is 11.3. The molecule has 0 aliphatic heterocycles. The van der Waals surface area contributed by atoms with E-state index >= 15 is 0 Å². The van der Waals surface area contributed by atoms with E-state index in [9.17, 15) is 10.1 Å². The molecule has 162 valence electrons. The lowest BCUT2D eigenvalue weighted by Gasteiger charge is -2.11. The second-order valence-corrected chi connectivity index (χ2v) is 7.70. The monoisotopic (exact) mass is 448 g/mol. The number of rotatable bonds is 8. The number of hydrogen-bond acceptors (Lipinski definition) is 7. The van der Waals surface area contributed by atoms with Crippen molar-refractivity contribution in [2.24, 2.45) is 0 Å². The maximum absolute atomic E-state index is 11.3. The molecular weight excluding hydrogens is 428 g/mol. The summed E-state index contributed by atoms with van der Waals surface area (Å²) >= 11 is 1.45. The molecule has 4 rings (SSSR count). The fraction of sp³-hybridized carbons (Fsp3) is 0.130. The van der Waals surface area contributed by atoms with Gasteiger partial charge in [0.25, 0.3) is 0 Å². The fourth-order valence-corrected chi connectivity index (χ4v) is 4.11. The molecule has 1 heterocycles. The summed E-state index contributed by atoms with van der Waals surface area (Å²) in [5.74, 6) is 2.17. The van der Waals surface area contributed by atoms with Gasteiger partial charge in [-0.1, -0.05) is 36.0 Å². The average molecular weight is 449 g/mol. The SMILES string of the molecule is COc1ccc(-c2nnc(SCc3ccc(OC)c([N+](=O)[O-])c3)n2-c2ccccc2)cc1. The Morgan fingerprint density at radius 2 is 1.72 bits per heavy atom. The van der Waals surface area contributed by atoms with Crippen LogP contribution < -0.4 is 9.47 Å². The van der Waals surface area contributed by atoms with Gasteiger partial charge in [0.2, 0.25) is 0 Å². The van der Waals surface area contributed by atoms with Gasteiger partial charge < -0.3 is 9.47 Å². The molecule has 32 heavy (non-hydrogen) atoms. The average Bonchev–Trinajstić information content (AvgIpc) is 3.27. The molecule has 0 saturated heterocycles. The Bertz CT molecular complexity index is 1230. The molecule has 0 fully saturated rings. The number of aromatic nitrogens is 3. The van der Waals surface area contributed by atoms with Gasteiger partial charge in [-0.25, -0.2) is 0 Å². The van der Waals surface area contributed by atoms with Gasteiger partial charge in [0, 0.05) is 23.1 Å². The van der Waals surface area contributed by atoms with E-state index < -0.39 is 4.92 Å². The highest BCUT2D eigenvalue weighted by Gasteiger charge is 2.18. The molecule has 3 aromatic carbocycles. The minimum atomic E-state index is -0.443. The number of para-hydroxylation sites is 1. The van der Waals surface area contributed by atoms with Gasteiger partial charge in [-0.2, -0.15) is 0 Å². The van der Waals surface area contributed by atoms with Gasteiger partial charge in [-0.15, -0.1) is 10.2 Å². The molecule has 9 heteroatoms. The highest BCUT2D eigenvalue weighted by molar-refractivity contribution is 7.98. The Kier molecular flexibility index (Phi) is 6.37. The third-order valence-corrected chi connectivity index (χ3v) is 5.80. The van der Waals surface area contributed by atoms with Gasteiger partial charge in [-0.3, -0.25) is 14.7 Å². The third-order valence-electron chi connectivity index (χ3n) is 4.80. The molecule has 0 aliphatic carbocycles. The Balaban J connectivity index is 1.68. The van der Waals surface area contributed by atoms with Crippen LogP contribution in [0.15, 0.2) is 78.0 Å². The summed E-state index contributed by atoms with van der Waals surface area (Å²) in [6.07, 6.45) is 0. The van der Waals surface area contributed by atoms with Gasteiger partial charge in [0.15, 0.2) is 16.7 Å². The molecule has 0 saturated carbocycles. The highest BCUT2D eigenvalue weighted by atomic mass is 32.2. The Morgan fingerprint density at radius 3 is 2.38 bits per heavy atom. The fourth-order valence-electron chi connectivity index (χ4n) is 3.22. The Morgan fingerprint density at radius 1 is 0.969 bits per heavy atom. The van der Waals surface area contributed by atoms with Crippen LogP contribution in [0.4, 0.5) is 5.69 Å². The van der Waals surface area contributed by atoms with E-state index in [2.05, 4.69) is 10.2 Å². The molecule has 4 aromatic rings. The summed E-state index contributed by atoms with van der Waals surface area (Å²) in [4.78, 5) is 10.9. The number of nitro benzene ring substituents is 1. The first-order valence-electron chi connectivity index (χ1n) is 9.70. The van der Waals surface area contributed by atoms with Gasteiger partial charge in [-0.05, 0) is 48.0 Å². The number of hydrogen-bond donors (Lipinski definition) is 0. The van der Waals surface area contributed by atoms with Crippen LogP contribution in [0.25, 0.3) is 17.1 Å². The minimum absolute atomic E-state index is 0.0611. The van der Waals surface area contributed by atoms with Crippen LogP contribution in [0, 0.1) is 10.1 Å². The van der Waals surface area contributed by atoms with Crippen molar-refractivity contribution in [2.75, 3.05) is 14.2 Å². The maximum Gasteiger partial charge on any atom is 0.311 e. The number of ether oxygens (including phenoxy) is 2. The van der Waals surface area contributed by atoms with Crippen LogP contribution in [0.2, 0.25) is 0 Å². The van der Waals surface area contributed by atoms with Crippen LogP contribution in [-0.4, -0.2) is 33.9 Å². The normalized spacial score (nSPS) is 10.7. The molecule has 1 aromatic heterocycles. The summed E-state index contributed by atoms with van der Waals surface area (Å²) in [6.45, 7) is 0. The highest BCUT2D eigenvalue weighted by Crippen LogP contribution is 2.33. The first kappa shape index (κ1) is 21.4. The van der Waals surface area contributed by atoms with Crippen molar-refractivity contribution in [1.29, 1.82) is 0 Å². The zero-order valence-corrected chi connectivity index (χ0v) is 18.3. The first-order valence-corrected chi connectivity index (χ1v) is 10.7. The predicted octanol–water partition coefficient (Wildman–Crippen LogP) is 5.15. The second kappa shape index (κ2) is 9.52. The van der Waals surface area contributed by atoms with E-state index in [4.69, 9.17) is 9.47 Å². The summed E-state index contributed by atoms with van der Waals surface area (Å²) in [7, 11) is 3.04. The molecule has 0 amide bonds. The first-order chi connectivity index (χ1) is 15.6. The lowest BCUT2D eigenvalue weighted by molar-refractivity contribution is -0.385. The molecule has 8 nitrogen and oxygen atoms in total. The number of methoxy groups -OCH3 is 2. The van der Waals surface area contributed by atoms with Crippen molar-refractivity contribution in [3.63, 3.8) is 0 Å². The van der Waals surface area contributed by atoms with Crippen LogP contribution in [0.3, 0.4) is 0 Å². The lowest BCUT2D eigenvalue weighted by Crippen LogP contribution is -2.00. The summed E-state index contributed by atoms with van der Waals surface area (Å²) < 4.78 is 12.3.